The van der Waals surface area contributed by atoms with E-state index in [0.29, 0.717) is 18.8 Å². The molecule has 1 aromatic carbocycles. The third kappa shape index (κ3) is 5.08. The summed E-state index contributed by atoms with van der Waals surface area (Å²) in [5, 5.41) is 3.71. The molecule has 0 bridgehead atoms. The Hall–Kier alpha value is -2.38. The number of aromatic nitrogens is 1. The molecule has 1 fully saturated rings. The number of aryl methyl sites for hydroxylation is 1. The number of pyridine rings is 1. The van der Waals surface area contributed by atoms with Crippen LogP contribution in [0, 0.1) is 0 Å². The maximum Gasteiger partial charge on any atom is 0.257 e. The first-order valence-corrected chi connectivity index (χ1v) is 9.51. The van der Waals surface area contributed by atoms with E-state index in [2.05, 4.69) is 10.2 Å². The Bertz CT molecular complexity index is 828. The van der Waals surface area contributed by atoms with E-state index in [9.17, 15) is 9.59 Å². The van der Waals surface area contributed by atoms with Gasteiger partial charge < -0.3 is 19.4 Å². The van der Waals surface area contributed by atoms with E-state index in [1.54, 1.807) is 4.57 Å². The molecule has 0 spiro atoms. The van der Waals surface area contributed by atoms with Crippen LogP contribution in [0.3, 0.4) is 0 Å². The van der Waals surface area contributed by atoms with Gasteiger partial charge in [0.25, 0.3) is 11.5 Å². The van der Waals surface area contributed by atoms with E-state index < -0.39 is 0 Å². The Labute approximate surface area is 158 Å². The van der Waals surface area contributed by atoms with E-state index in [1.807, 2.05) is 31.2 Å². The molecule has 3 rings (SSSR count). The number of nitrogens with one attached hydrogen (secondary N) is 1. The molecule has 1 amide bonds. The van der Waals surface area contributed by atoms with Gasteiger partial charge in [0.15, 0.2) is 6.61 Å². The lowest BCUT2D eigenvalue weighted by Gasteiger charge is -2.26. The summed E-state index contributed by atoms with van der Waals surface area (Å²) in [6.07, 6.45) is 0.890. The second kappa shape index (κ2) is 9.53. The number of hydrogen-bond acceptors (Lipinski definition) is 5. The molecule has 1 N–H and O–H groups in total. The van der Waals surface area contributed by atoms with Crippen molar-refractivity contribution in [2.75, 3.05) is 46.0 Å². The maximum absolute atomic E-state index is 12.3. The number of fused-ring (bicyclic) bond motifs is 1. The molecule has 7 heteroatoms. The number of para-hydroxylation sites is 1. The monoisotopic (exact) mass is 373 g/mol. The number of carbonyl (C=O) groups is 1. The van der Waals surface area contributed by atoms with Gasteiger partial charge in [0.2, 0.25) is 0 Å². The fraction of sp³-hybridized carbons (Fsp3) is 0.500. The number of benzene rings is 1. The lowest BCUT2D eigenvalue weighted by molar-refractivity contribution is -0.123. The van der Waals surface area contributed by atoms with Gasteiger partial charge in [-0.05, 0) is 32.0 Å². The van der Waals surface area contributed by atoms with Crippen molar-refractivity contribution in [3.05, 3.63) is 40.7 Å². The molecule has 2 aromatic rings. The Morgan fingerprint density at radius 1 is 1.26 bits per heavy atom. The molecule has 0 aliphatic carbocycles. The molecule has 0 unspecified atom stereocenters. The van der Waals surface area contributed by atoms with Crippen LogP contribution in [-0.4, -0.2) is 61.4 Å². The first kappa shape index (κ1) is 19.4. The third-order valence-electron chi connectivity index (χ3n) is 4.73. The molecule has 1 aromatic heterocycles. The molecular weight excluding hydrogens is 346 g/mol. The standard InChI is InChI=1S/C20H27N3O4/c1-2-23-17-7-4-3-6-16(17)18(14-20(23)25)27-15-19(24)21-8-5-9-22-10-12-26-13-11-22/h3-4,6-7,14H,2,5,8-13,15H2,1H3,(H,21,24). The quantitative estimate of drug-likeness (QED) is 0.705. The van der Waals surface area contributed by atoms with Crippen LogP contribution in [0.5, 0.6) is 5.75 Å². The molecule has 146 valence electrons. The summed E-state index contributed by atoms with van der Waals surface area (Å²) in [5.41, 5.74) is 0.686. The van der Waals surface area contributed by atoms with Crippen molar-refractivity contribution in [3.8, 4) is 5.75 Å². The van der Waals surface area contributed by atoms with Gasteiger partial charge in [0.1, 0.15) is 5.75 Å². The Balaban J connectivity index is 1.51. The summed E-state index contributed by atoms with van der Waals surface area (Å²) in [5.74, 6) is 0.268. The molecule has 1 saturated heterocycles. The van der Waals surface area contributed by atoms with Crippen LogP contribution < -0.4 is 15.6 Å². The minimum absolute atomic E-state index is 0.100. The topological polar surface area (TPSA) is 72.8 Å². The molecule has 1 aliphatic rings. The summed E-state index contributed by atoms with van der Waals surface area (Å²) < 4.78 is 12.7. The molecule has 0 atom stereocenters. The lowest BCUT2D eigenvalue weighted by atomic mass is 10.2. The number of ether oxygens (including phenoxy) is 2. The summed E-state index contributed by atoms with van der Waals surface area (Å²) >= 11 is 0. The number of carbonyl (C=O) groups excluding carboxylic acids is 1. The highest BCUT2D eigenvalue weighted by Gasteiger charge is 2.11. The predicted molar refractivity (Wildman–Crippen MR) is 104 cm³/mol. The van der Waals surface area contributed by atoms with Crippen LogP contribution >= 0.6 is 0 Å². The Kier molecular flexibility index (Phi) is 6.84. The van der Waals surface area contributed by atoms with Crippen LogP contribution in [0.2, 0.25) is 0 Å². The fourth-order valence-corrected chi connectivity index (χ4v) is 3.30. The van der Waals surface area contributed by atoms with E-state index >= 15 is 0 Å². The SMILES string of the molecule is CCn1c(=O)cc(OCC(=O)NCCCN2CCOCC2)c2ccccc21. The lowest BCUT2D eigenvalue weighted by Crippen LogP contribution is -2.38. The molecule has 1 aliphatic heterocycles. The summed E-state index contributed by atoms with van der Waals surface area (Å²) in [7, 11) is 0. The average molecular weight is 373 g/mol. The van der Waals surface area contributed by atoms with Gasteiger partial charge in [-0.1, -0.05) is 12.1 Å². The number of rotatable bonds is 8. The molecule has 7 nitrogen and oxygen atoms in total. The molecule has 0 radical (unpaired) electrons. The van der Waals surface area contributed by atoms with Gasteiger partial charge in [-0.25, -0.2) is 0 Å². The first-order valence-electron chi connectivity index (χ1n) is 9.51. The van der Waals surface area contributed by atoms with Crippen LogP contribution in [0.1, 0.15) is 13.3 Å². The third-order valence-corrected chi connectivity index (χ3v) is 4.73. The molecule has 27 heavy (non-hydrogen) atoms. The van der Waals surface area contributed by atoms with Crippen molar-refractivity contribution in [2.24, 2.45) is 0 Å². The Morgan fingerprint density at radius 2 is 2.04 bits per heavy atom. The summed E-state index contributed by atoms with van der Waals surface area (Å²) in [6.45, 7) is 7.44. The van der Waals surface area contributed by atoms with Crippen LogP contribution in [0.25, 0.3) is 10.9 Å². The second-order valence-corrected chi connectivity index (χ2v) is 6.55. The van der Waals surface area contributed by atoms with Gasteiger partial charge in [0, 0.05) is 37.6 Å². The molecule has 2 heterocycles. The first-order chi connectivity index (χ1) is 13.2. The summed E-state index contributed by atoms with van der Waals surface area (Å²) in [6, 6.07) is 9.02. The van der Waals surface area contributed by atoms with Crippen molar-refractivity contribution < 1.29 is 14.3 Å². The van der Waals surface area contributed by atoms with Crippen molar-refractivity contribution >= 4 is 16.8 Å². The molecular formula is C20H27N3O4. The van der Waals surface area contributed by atoms with Gasteiger partial charge in [-0.15, -0.1) is 0 Å². The van der Waals surface area contributed by atoms with Crippen molar-refractivity contribution in [2.45, 2.75) is 19.9 Å². The number of hydrogen-bond donors (Lipinski definition) is 1. The minimum Gasteiger partial charge on any atom is -0.483 e. The molecule has 0 saturated carbocycles. The van der Waals surface area contributed by atoms with Crippen molar-refractivity contribution in [1.29, 1.82) is 0 Å². The second-order valence-electron chi connectivity index (χ2n) is 6.55. The van der Waals surface area contributed by atoms with Gasteiger partial charge >= 0.3 is 0 Å². The zero-order chi connectivity index (χ0) is 19.1. The highest BCUT2D eigenvalue weighted by atomic mass is 16.5. The maximum atomic E-state index is 12.3. The normalized spacial score (nSPS) is 15.0. The zero-order valence-electron chi connectivity index (χ0n) is 15.8. The average Bonchev–Trinajstić information content (AvgIpc) is 2.70. The van der Waals surface area contributed by atoms with Gasteiger partial charge in [-0.3, -0.25) is 14.5 Å². The highest BCUT2D eigenvalue weighted by Crippen LogP contribution is 2.23. The van der Waals surface area contributed by atoms with Crippen LogP contribution in [-0.2, 0) is 16.1 Å². The number of amides is 1. The van der Waals surface area contributed by atoms with Crippen LogP contribution in [0.4, 0.5) is 0 Å². The van der Waals surface area contributed by atoms with Gasteiger partial charge in [-0.2, -0.15) is 0 Å². The largest absolute Gasteiger partial charge is 0.483 e. The van der Waals surface area contributed by atoms with Crippen molar-refractivity contribution in [1.82, 2.24) is 14.8 Å². The van der Waals surface area contributed by atoms with Crippen molar-refractivity contribution in [3.63, 3.8) is 0 Å². The number of nitrogens with zero attached hydrogens (tertiary/aromatic N) is 2. The smallest absolute Gasteiger partial charge is 0.257 e. The number of morpholine rings is 1. The predicted octanol–water partition coefficient (Wildman–Crippen LogP) is 1.24. The summed E-state index contributed by atoms with van der Waals surface area (Å²) in [4.78, 5) is 26.7. The highest BCUT2D eigenvalue weighted by molar-refractivity contribution is 5.86. The fourth-order valence-electron chi connectivity index (χ4n) is 3.30. The van der Waals surface area contributed by atoms with E-state index in [4.69, 9.17) is 9.47 Å². The van der Waals surface area contributed by atoms with E-state index in [-0.39, 0.29) is 18.1 Å². The zero-order valence-corrected chi connectivity index (χ0v) is 15.8. The minimum atomic E-state index is -0.180. The van der Waals surface area contributed by atoms with Gasteiger partial charge in [0.05, 0.1) is 18.7 Å². The van der Waals surface area contributed by atoms with Crippen LogP contribution in [0.15, 0.2) is 35.1 Å². The van der Waals surface area contributed by atoms with E-state index in [1.165, 1.54) is 6.07 Å². The van der Waals surface area contributed by atoms with E-state index in [0.717, 1.165) is 50.2 Å². The Morgan fingerprint density at radius 3 is 2.81 bits per heavy atom.